The number of amides is 1. The maximum atomic E-state index is 12.9. The molecule has 2 aliphatic rings. The molecule has 2 fully saturated rings. The van der Waals surface area contributed by atoms with E-state index in [0.29, 0.717) is 22.6 Å². The maximum absolute atomic E-state index is 12.9. The number of carboxylic acid groups (broad SMARTS) is 1. The van der Waals surface area contributed by atoms with Crippen molar-refractivity contribution in [2.45, 2.75) is 35.9 Å². The van der Waals surface area contributed by atoms with Gasteiger partial charge in [0.25, 0.3) is 15.9 Å². The highest BCUT2D eigenvalue weighted by molar-refractivity contribution is 7.92. The van der Waals surface area contributed by atoms with Crippen LogP contribution in [0.4, 0.5) is 0 Å². The molecule has 2 saturated carbocycles. The van der Waals surface area contributed by atoms with E-state index in [1.54, 1.807) is 18.2 Å². The predicted octanol–water partition coefficient (Wildman–Crippen LogP) is 2.98. The third-order valence-corrected chi connectivity index (χ3v) is 9.52. The van der Waals surface area contributed by atoms with Crippen molar-refractivity contribution in [3.05, 3.63) is 53.7 Å². The Bertz CT molecular complexity index is 1090. The fraction of sp³-hybridized carbons (Fsp3) is 0.455. The zero-order chi connectivity index (χ0) is 22.7. The summed E-state index contributed by atoms with van der Waals surface area (Å²) in [6, 6.07) is 6.38. The predicted molar refractivity (Wildman–Crippen MR) is 119 cm³/mol. The molecule has 0 radical (unpaired) electrons. The number of carbonyl (C=O) groups is 2. The Kier molecular flexibility index (Phi) is 6.82. The normalized spacial score (nSPS) is 24.9. The summed E-state index contributed by atoms with van der Waals surface area (Å²) < 4.78 is 31.6. The topological polar surface area (TPSA) is 115 Å². The van der Waals surface area contributed by atoms with Gasteiger partial charge in [-0.15, -0.1) is 11.3 Å². The van der Waals surface area contributed by atoms with E-state index in [9.17, 15) is 18.0 Å². The number of carbonyl (C=O) groups excluding carboxylic acids is 1. The van der Waals surface area contributed by atoms with Gasteiger partial charge < -0.3 is 15.2 Å². The number of allylic oxidation sites excluding steroid dienone is 1. The number of aliphatic carboxylic acids is 1. The molecule has 2 bridgehead atoms. The maximum Gasteiger partial charge on any atom is 0.329 e. The van der Waals surface area contributed by atoms with Crippen LogP contribution in [0.3, 0.4) is 0 Å². The van der Waals surface area contributed by atoms with E-state index in [-0.39, 0.29) is 29.4 Å². The molecule has 32 heavy (non-hydrogen) atoms. The minimum atomic E-state index is -3.68. The van der Waals surface area contributed by atoms with Crippen molar-refractivity contribution in [3.8, 4) is 0 Å². The zero-order valence-electron chi connectivity index (χ0n) is 17.4. The molecule has 172 valence electrons. The first-order valence-electron chi connectivity index (χ1n) is 10.6. The number of hydrogen-bond donors (Lipinski definition) is 2. The summed E-state index contributed by atoms with van der Waals surface area (Å²) >= 11 is 0.981. The van der Waals surface area contributed by atoms with Gasteiger partial charge in [0.1, 0.15) is 10.8 Å². The third-order valence-electron chi connectivity index (χ3n) is 6.31. The van der Waals surface area contributed by atoms with E-state index >= 15 is 0 Å². The summed E-state index contributed by atoms with van der Waals surface area (Å²) in [4.78, 5) is 23.8. The second kappa shape index (κ2) is 9.60. The molecule has 2 aromatic heterocycles. The molecule has 10 heteroatoms. The van der Waals surface area contributed by atoms with Crippen molar-refractivity contribution in [1.82, 2.24) is 9.29 Å². The van der Waals surface area contributed by atoms with Crippen molar-refractivity contribution in [1.29, 1.82) is 0 Å². The first-order valence-corrected chi connectivity index (χ1v) is 12.9. The fourth-order valence-electron chi connectivity index (χ4n) is 4.90. The van der Waals surface area contributed by atoms with Crippen LogP contribution in [-0.4, -0.2) is 48.6 Å². The van der Waals surface area contributed by atoms with E-state index in [1.165, 1.54) is 18.5 Å². The Morgan fingerprint density at radius 3 is 2.69 bits per heavy atom. The third kappa shape index (κ3) is 4.82. The molecular weight excluding hydrogens is 452 g/mol. The summed E-state index contributed by atoms with van der Waals surface area (Å²) in [5, 5.41) is 11.8. The van der Waals surface area contributed by atoms with Crippen LogP contribution in [0.2, 0.25) is 0 Å². The smallest absolute Gasteiger partial charge is 0.329 e. The summed E-state index contributed by atoms with van der Waals surface area (Å²) in [6.45, 7) is -0.0714. The van der Waals surface area contributed by atoms with Crippen molar-refractivity contribution >= 4 is 33.2 Å². The second-order valence-electron chi connectivity index (χ2n) is 8.25. The van der Waals surface area contributed by atoms with E-state index < -0.39 is 16.0 Å². The number of hydrogen-bond acceptors (Lipinski definition) is 6. The number of nitrogens with one attached hydrogen (secondary N) is 1. The van der Waals surface area contributed by atoms with E-state index in [0.717, 1.165) is 41.0 Å². The van der Waals surface area contributed by atoms with Gasteiger partial charge in [0.2, 0.25) is 0 Å². The van der Waals surface area contributed by atoms with Crippen LogP contribution in [0.1, 0.15) is 35.4 Å². The monoisotopic (exact) mass is 478 g/mol. The van der Waals surface area contributed by atoms with Gasteiger partial charge in [-0.3, -0.25) is 4.79 Å². The Balaban J connectivity index is 1.38. The largest absolute Gasteiger partial charge is 0.480 e. The van der Waals surface area contributed by atoms with Gasteiger partial charge in [0.05, 0.1) is 11.5 Å². The van der Waals surface area contributed by atoms with Crippen molar-refractivity contribution in [3.63, 3.8) is 0 Å². The Morgan fingerprint density at radius 2 is 1.94 bits per heavy atom. The molecule has 2 aromatic rings. The molecule has 0 saturated heterocycles. The number of aromatic nitrogens is 1. The number of ether oxygens (including phenoxy) is 1. The van der Waals surface area contributed by atoms with Crippen LogP contribution in [0.15, 0.2) is 53.0 Å². The fourth-order valence-corrected chi connectivity index (χ4v) is 7.39. The molecule has 4 atom stereocenters. The molecule has 2 aliphatic carbocycles. The van der Waals surface area contributed by atoms with Gasteiger partial charge in [0.15, 0.2) is 0 Å². The molecule has 0 aliphatic heterocycles. The average Bonchev–Trinajstić information content (AvgIpc) is 3.55. The highest BCUT2D eigenvalue weighted by Crippen LogP contribution is 2.50. The number of fused-ring (bicyclic) bond motifs is 2. The van der Waals surface area contributed by atoms with Gasteiger partial charge in [0, 0.05) is 18.4 Å². The number of carboxylic acids is 1. The lowest BCUT2D eigenvalue weighted by atomic mass is 9.82. The van der Waals surface area contributed by atoms with Crippen LogP contribution < -0.4 is 5.32 Å². The van der Waals surface area contributed by atoms with E-state index in [2.05, 4.69) is 5.32 Å². The van der Waals surface area contributed by atoms with Gasteiger partial charge in [-0.25, -0.2) is 8.77 Å². The Hall–Kier alpha value is -2.43. The highest BCUT2D eigenvalue weighted by Gasteiger charge is 2.47. The SMILES string of the molecule is O=C(O)COC/C=C\C[C@H]1[C@@H]2CC[C@@H](C2)[C@@H]1NC(=O)c1ccc(S(=O)(=O)n2cccc2)s1. The number of rotatable bonds is 10. The van der Waals surface area contributed by atoms with Crippen LogP contribution in [-0.2, 0) is 19.6 Å². The van der Waals surface area contributed by atoms with Gasteiger partial charge in [-0.2, -0.15) is 8.42 Å². The molecule has 0 unspecified atom stereocenters. The Labute approximate surface area is 190 Å². The number of nitrogens with zero attached hydrogens (tertiary/aromatic N) is 1. The molecular formula is C22H26N2O6S2. The average molecular weight is 479 g/mol. The van der Waals surface area contributed by atoms with Crippen molar-refractivity contribution in [2.75, 3.05) is 13.2 Å². The quantitative estimate of drug-likeness (QED) is 0.401. The van der Waals surface area contributed by atoms with Crippen molar-refractivity contribution < 1.29 is 27.9 Å². The lowest BCUT2D eigenvalue weighted by Gasteiger charge is -2.31. The van der Waals surface area contributed by atoms with Gasteiger partial charge in [-0.1, -0.05) is 12.2 Å². The first kappa shape index (κ1) is 22.8. The lowest BCUT2D eigenvalue weighted by Crippen LogP contribution is -2.43. The van der Waals surface area contributed by atoms with Crippen LogP contribution in [0.5, 0.6) is 0 Å². The van der Waals surface area contributed by atoms with E-state index in [1.807, 2.05) is 12.2 Å². The van der Waals surface area contributed by atoms with Crippen molar-refractivity contribution in [2.24, 2.45) is 17.8 Å². The number of thiophene rings is 1. The zero-order valence-corrected chi connectivity index (χ0v) is 19.1. The lowest BCUT2D eigenvalue weighted by molar-refractivity contribution is -0.141. The van der Waals surface area contributed by atoms with Crippen LogP contribution in [0, 0.1) is 17.8 Å². The second-order valence-corrected chi connectivity index (χ2v) is 11.4. The van der Waals surface area contributed by atoms with E-state index in [4.69, 9.17) is 9.84 Å². The first-order chi connectivity index (χ1) is 15.4. The standard InChI is InChI=1S/C22H26N2O6S2/c25-19(26)14-30-12-4-1-5-17-15-6-7-16(13-15)21(17)23-22(27)18-8-9-20(31-18)32(28,29)24-10-2-3-11-24/h1-4,8-11,15-17,21H,5-7,12-14H2,(H,23,27)(H,25,26)/b4-1-/t15-,16+,17+,21+/m1/s1. The summed E-state index contributed by atoms with van der Waals surface area (Å²) in [5.41, 5.74) is 0. The molecule has 4 rings (SSSR count). The molecule has 0 aromatic carbocycles. The van der Waals surface area contributed by atoms with Crippen LogP contribution in [0.25, 0.3) is 0 Å². The summed E-state index contributed by atoms with van der Waals surface area (Å²) in [5.74, 6) is 0.0838. The van der Waals surface area contributed by atoms with Crippen LogP contribution >= 0.6 is 11.3 Å². The van der Waals surface area contributed by atoms with Gasteiger partial charge >= 0.3 is 5.97 Å². The van der Waals surface area contributed by atoms with Gasteiger partial charge in [-0.05, 0) is 67.7 Å². The minimum absolute atomic E-state index is 0.0532. The molecule has 0 spiro atoms. The summed E-state index contributed by atoms with van der Waals surface area (Å²) in [7, 11) is -3.68. The molecule has 2 heterocycles. The molecule has 1 amide bonds. The highest BCUT2D eigenvalue weighted by atomic mass is 32.2. The Morgan fingerprint density at radius 1 is 1.19 bits per heavy atom. The summed E-state index contributed by atoms with van der Waals surface area (Å²) in [6.07, 6.45) is 10.9. The minimum Gasteiger partial charge on any atom is -0.480 e. The molecule has 8 nitrogen and oxygen atoms in total. The molecule has 2 N–H and O–H groups in total.